The first-order chi connectivity index (χ1) is 11.4. The molecule has 0 saturated carbocycles. The maximum absolute atomic E-state index is 12.4. The van der Waals surface area contributed by atoms with Gasteiger partial charge in [-0.15, -0.1) is 0 Å². The molecule has 0 saturated heterocycles. The lowest BCUT2D eigenvalue weighted by Crippen LogP contribution is -2.26. The largest absolute Gasteiger partial charge is 0.497 e. The molecule has 0 atom stereocenters. The Kier molecular flexibility index (Phi) is 6.68. The van der Waals surface area contributed by atoms with Gasteiger partial charge in [-0.2, -0.15) is 0 Å². The van der Waals surface area contributed by atoms with E-state index in [-0.39, 0.29) is 11.4 Å². The highest BCUT2D eigenvalue weighted by molar-refractivity contribution is 9.11. The molecule has 2 aromatic carbocycles. The van der Waals surface area contributed by atoms with E-state index in [0.29, 0.717) is 22.4 Å². The van der Waals surface area contributed by atoms with E-state index in [1.807, 2.05) is 6.07 Å². The van der Waals surface area contributed by atoms with E-state index < -0.39 is 10.0 Å². The van der Waals surface area contributed by atoms with Crippen LogP contribution in [-0.2, 0) is 16.4 Å². The Morgan fingerprint density at radius 2 is 1.79 bits per heavy atom. The van der Waals surface area contributed by atoms with Crippen molar-refractivity contribution >= 4 is 41.9 Å². The topological polar surface area (TPSA) is 64.6 Å². The molecule has 0 aromatic heterocycles. The first-order valence-electron chi connectivity index (χ1n) is 7.03. The number of nitrogens with one attached hydrogen (secondary N) is 1. The molecule has 0 aliphatic rings. The number of hydrogen-bond acceptors (Lipinski definition) is 4. The van der Waals surface area contributed by atoms with Crippen LogP contribution in [-0.4, -0.2) is 29.2 Å². The van der Waals surface area contributed by atoms with E-state index in [1.165, 1.54) is 0 Å². The number of sulfonamides is 1. The van der Waals surface area contributed by atoms with Crippen LogP contribution in [0.2, 0.25) is 0 Å². The zero-order chi connectivity index (χ0) is 17.7. The summed E-state index contributed by atoms with van der Waals surface area (Å²) in [6.07, 6.45) is 0.480. The van der Waals surface area contributed by atoms with Crippen LogP contribution in [0.15, 0.2) is 50.2 Å². The highest BCUT2D eigenvalue weighted by Gasteiger charge is 2.17. The molecule has 0 aliphatic heterocycles. The average Bonchev–Trinajstić information content (AvgIpc) is 2.54. The van der Waals surface area contributed by atoms with Crippen molar-refractivity contribution in [3.05, 3.63) is 50.9 Å². The second kappa shape index (κ2) is 8.33. The van der Waals surface area contributed by atoms with Gasteiger partial charge in [-0.05, 0) is 64.3 Å². The van der Waals surface area contributed by atoms with E-state index in [2.05, 4.69) is 36.6 Å². The van der Waals surface area contributed by atoms with Crippen LogP contribution in [0.4, 0.5) is 0 Å². The van der Waals surface area contributed by atoms with Crippen molar-refractivity contribution < 1.29 is 17.9 Å². The zero-order valence-corrected chi connectivity index (χ0v) is 17.2. The van der Waals surface area contributed by atoms with Crippen LogP contribution in [0.25, 0.3) is 0 Å². The Morgan fingerprint density at radius 1 is 1.04 bits per heavy atom. The summed E-state index contributed by atoms with van der Waals surface area (Å²) in [6, 6.07) is 10.4. The Labute approximate surface area is 158 Å². The number of rotatable bonds is 7. The zero-order valence-electron chi connectivity index (χ0n) is 13.2. The molecule has 1 N–H and O–H groups in total. The smallest absolute Gasteiger partial charge is 0.241 e. The quantitative estimate of drug-likeness (QED) is 0.658. The minimum absolute atomic E-state index is 0.198. The second-order valence-corrected chi connectivity index (χ2v) is 8.41. The van der Waals surface area contributed by atoms with Gasteiger partial charge in [0.1, 0.15) is 11.5 Å². The molecule has 0 spiro atoms. The fourth-order valence-corrected chi connectivity index (χ4v) is 4.94. The molecular weight excluding hydrogens is 462 g/mol. The summed E-state index contributed by atoms with van der Waals surface area (Å²) >= 11 is 6.58. The lowest BCUT2D eigenvalue weighted by atomic mass is 10.1. The third kappa shape index (κ3) is 4.72. The summed E-state index contributed by atoms with van der Waals surface area (Å²) in [5.74, 6) is 1.39. The normalized spacial score (nSPS) is 11.3. The summed E-state index contributed by atoms with van der Waals surface area (Å²) in [5.41, 5.74) is 0.870. The van der Waals surface area contributed by atoms with Crippen LogP contribution in [0.5, 0.6) is 11.5 Å². The van der Waals surface area contributed by atoms with Crippen molar-refractivity contribution in [3.8, 4) is 11.5 Å². The molecule has 0 aliphatic carbocycles. The van der Waals surface area contributed by atoms with Crippen LogP contribution >= 0.6 is 31.9 Å². The van der Waals surface area contributed by atoms with Gasteiger partial charge in [0.05, 0.1) is 19.1 Å². The molecular formula is C16H17Br2NO4S. The molecule has 0 fully saturated rings. The molecule has 8 heteroatoms. The third-order valence-electron chi connectivity index (χ3n) is 3.36. The van der Waals surface area contributed by atoms with Crippen LogP contribution < -0.4 is 14.2 Å². The fraction of sp³-hybridized carbons (Fsp3) is 0.250. The Hall–Kier alpha value is -1.09. The maximum atomic E-state index is 12.4. The van der Waals surface area contributed by atoms with Gasteiger partial charge in [0.25, 0.3) is 0 Å². The Bertz CT molecular complexity index is 825. The van der Waals surface area contributed by atoms with Crippen molar-refractivity contribution in [3.63, 3.8) is 0 Å². The van der Waals surface area contributed by atoms with Crippen molar-refractivity contribution in [2.24, 2.45) is 0 Å². The number of benzene rings is 2. The summed E-state index contributed by atoms with van der Waals surface area (Å²) < 4.78 is 39.2. The monoisotopic (exact) mass is 477 g/mol. The van der Waals surface area contributed by atoms with Crippen LogP contribution in [0, 0.1) is 0 Å². The van der Waals surface area contributed by atoms with Crippen molar-refractivity contribution in [1.29, 1.82) is 0 Å². The Balaban J connectivity index is 2.11. The average molecular weight is 479 g/mol. The number of hydrogen-bond donors (Lipinski definition) is 1. The van der Waals surface area contributed by atoms with E-state index in [4.69, 9.17) is 9.47 Å². The molecule has 5 nitrogen and oxygen atoms in total. The molecule has 0 radical (unpaired) electrons. The summed E-state index contributed by atoms with van der Waals surface area (Å²) in [4.78, 5) is 0.198. The summed E-state index contributed by atoms with van der Waals surface area (Å²) in [5, 5.41) is 0. The van der Waals surface area contributed by atoms with Crippen LogP contribution in [0.3, 0.4) is 0 Å². The lowest BCUT2D eigenvalue weighted by Gasteiger charge is -2.12. The van der Waals surface area contributed by atoms with E-state index >= 15 is 0 Å². The predicted molar refractivity (Wildman–Crippen MR) is 100 cm³/mol. The maximum Gasteiger partial charge on any atom is 0.241 e. The summed E-state index contributed by atoms with van der Waals surface area (Å²) in [6.45, 7) is 0.244. The van der Waals surface area contributed by atoms with Gasteiger partial charge < -0.3 is 9.47 Å². The lowest BCUT2D eigenvalue weighted by molar-refractivity contribution is 0.398. The molecule has 2 rings (SSSR count). The molecule has 0 unspecified atom stereocenters. The fourth-order valence-electron chi connectivity index (χ4n) is 2.17. The van der Waals surface area contributed by atoms with Gasteiger partial charge in [0.15, 0.2) is 0 Å². The molecule has 24 heavy (non-hydrogen) atoms. The van der Waals surface area contributed by atoms with E-state index in [1.54, 1.807) is 44.6 Å². The predicted octanol–water partition coefficient (Wildman–Crippen LogP) is 3.75. The number of halogens is 2. The molecule has 0 bridgehead atoms. The van der Waals surface area contributed by atoms with Gasteiger partial charge in [-0.1, -0.05) is 15.9 Å². The first-order valence-corrected chi connectivity index (χ1v) is 10.1. The number of methoxy groups -OCH3 is 2. The van der Waals surface area contributed by atoms with Crippen LogP contribution in [0.1, 0.15) is 5.56 Å². The third-order valence-corrected chi connectivity index (χ3v) is 6.29. The summed E-state index contributed by atoms with van der Waals surface area (Å²) in [7, 11) is -0.442. The molecule has 0 amide bonds. The van der Waals surface area contributed by atoms with E-state index in [0.717, 1.165) is 10.0 Å². The number of ether oxygens (including phenoxy) is 2. The standard InChI is InChI=1S/C16H17Br2NO4S/c1-22-13-4-5-15(23-2)11(9-13)7-8-19-24(20,21)16-6-3-12(17)10-14(16)18/h3-6,9-10,19H,7-8H2,1-2H3. The van der Waals surface area contributed by atoms with Gasteiger partial charge in [0, 0.05) is 15.5 Å². The SMILES string of the molecule is COc1ccc(OC)c(CCNS(=O)(=O)c2ccc(Br)cc2Br)c1. The van der Waals surface area contributed by atoms with Crippen molar-refractivity contribution in [2.45, 2.75) is 11.3 Å². The first kappa shape index (κ1) is 19.2. The molecule has 130 valence electrons. The highest BCUT2D eigenvalue weighted by atomic mass is 79.9. The highest BCUT2D eigenvalue weighted by Crippen LogP contribution is 2.26. The molecule has 2 aromatic rings. The van der Waals surface area contributed by atoms with Gasteiger partial charge in [0.2, 0.25) is 10.0 Å². The van der Waals surface area contributed by atoms with Gasteiger partial charge >= 0.3 is 0 Å². The van der Waals surface area contributed by atoms with E-state index in [9.17, 15) is 8.42 Å². The molecule has 0 heterocycles. The minimum atomic E-state index is -3.60. The van der Waals surface area contributed by atoms with Crippen molar-refractivity contribution in [1.82, 2.24) is 4.72 Å². The minimum Gasteiger partial charge on any atom is -0.497 e. The second-order valence-electron chi connectivity index (χ2n) is 4.90. The van der Waals surface area contributed by atoms with Gasteiger partial charge in [-0.3, -0.25) is 0 Å². The van der Waals surface area contributed by atoms with Gasteiger partial charge in [-0.25, -0.2) is 13.1 Å². The Morgan fingerprint density at radius 3 is 2.42 bits per heavy atom. The van der Waals surface area contributed by atoms with Crippen molar-refractivity contribution in [2.75, 3.05) is 20.8 Å².